The van der Waals surface area contributed by atoms with E-state index < -0.39 is 16.0 Å². The number of rotatable bonds is 8. The highest BCUT2D eigenvalue weighted by molar-refractivity contribution is 7.89. The van der Waals surface area contributed by atoms with Crippen LogP contribution in [0.5, 0.6) is 0 Å². The molecule has 0 saturated heterocycles. The first kappa shape index (κ1) is 19.6. The van der Waals surface area contributed by atoms with Gasteiger partial charge < -0.3 is 10.1 Å². The fraction of sp³-hybridized carbons (Fsp3) is 0.222. The molecular formula is C18H20N2O5S. The van der Waals surface area contributed by atoms with Gasteiger partial charge in [-0.05, 0) is 29.8 Å². The molecule has 0 aromatic heterocycles. The summed E-state index contributed by atoms with van der Waals surface area (Å²) in [6.07, 6.45) is 0.0201. The quantitative estimate of drug-likeness (QED) is 0.679. The first-order valence-electron chi connectivity index (χ1n) is 7.91. The van der Waals surface area contributed by atoms with E-state index in [0.717, 1.165) is 5.56 Å². The van der Waals surface area contributed by atoms with Crippen LogP contribution in [0.1, 0.15) is 22.3 Å². The summed E-state index contributed by atoms with van der Waals surface area (Å²) in [6, 6.07) is 14.6. The minimum absolute atomic E-state index is 0.00431. The number of carbonyl (C=O) groups is 2. The van der Waals surface area contributed by atoms with Gasteiger partial charge in [0.25, 0.3) is 0 Å². The Morgan fingerprint density at radius 2 is 1.65 bits per heavy atom. The largest absolute Gasteiger partial charge is 0.465 e. The van der Waals surface area contributed by atoms with E-state index in [9.17, 15) is 18.0 Å². The smallest absolute Gasteiger partial charge is 0.337 e. The van der Waals surface area contributed by atoms with Gasteiger partial charge in [-0.2, -0.15) is 0 Å². The number of carbonyl (C=O) groups excluding carboxylic acids is 2. The molecule has 8 heteroatoms. The summed E-state index contributed by atoms with van der Waals surface area (Å²) in [5.74, 6) is -0.705. The molecule has 2 aromatic rings. The predicted molar refractivity (Wildman–Crippen MR) is 95.9 cm³/mol. The molecule has 2 aromatic carbocycles. The number of nitrogens with one attached hydrogen (secondary N) is 2. The summed E-state index contributed by atoms with van der Waals surface area (Å²) < 4.78 is 31.1. The summed E-state index contributed by atoms with van der Waals surface area (Å²) in [6.45, 7) is 0.288. The fourth-order valence-electron chi connectivity index (χ4n) is 2.15. The SMILES string of the molecule is COC(=O)c1ccc(CNC(=O)CCNS(=O)(=O)c2ccccc2)cc1. The molecule has 138 valence electrons. The van der Waals surface area contributed by atoms with Gasteiger partial charge >= 0.3 is 5.97 Å². The summed E-state index contributed by atoms with van der Waals surface area (Å²) in [5.41, 5.74) is 1.24. The minimum atomic E-state index is -3.61. The van der Waals surface area contributed by atoms with E-state index in [2.05, 4.69) is 14.8 Å². The van der Waals surface area contributed by atoms with Gasteiger partial charge in [0.1, 0.15) is 0 Å². The Kier molecular flexibility index (Phi) is 6.88. The second kappa shape index (κ2) is 9.12. The topological polar surface area (TPSA) is 102 Å². The Morgan fingerprint density at radius 1 is 1.00 bits per heavy atom. The summed E-state index contributed by atoms with van der Waals surface area (Å²) in [5, 5.41) is 2.70. The molecule has 0 spiro atoms. The predicted octanol–water partition coefficient (Wildman–Crippen LogP) is 1.46. The molecule has 26 heavy (non-hydrogen) atoms. The van der Waals surface area contributed by atoms with E-state index in [-0.39, 0.29) is 30.3 Å². The van der Waals surface area contributed by atoms with Gasteiger partial charge in [0.2, 0.25) is 15.9 Å². The lowest BCUT2D eigenvalue weighted by Crippen LogP contribution is -2.30. The maximum Gasteiger partial charge on any atom is 0.337 e. The van der Waals surface area contributed by atoms with E-state index in [1.165, 1.54) is 19.2 Å². The number of esters is 1. The zero-order chi connectivity index (χ0) is 19.0. The Morgan fingerprint density at radius 3 is 2.27 bits per heavy atom. The molecule has 0 unspecified atom stereocenters. The number of ether oxygens (including phenoxy) is 1. The molecule has 0 aliphatic carbocycles. The number of hydrogen-bond donors (Lipinski definition) is 2. The standard InChI is InChI=1S/C18H20N2O5S/c1-25-18(22)15-9-7-14(8-10-15)13-19-17(21)11-12-20-26(23,24)16-5-3-2-4-6-16/h2-10,20H,11-13H2,1H3,(H,19,21). The van der Waals surface area contributed by atoms with Crippen LogP contribution in [0.4, 0.5) is 0 Å². The number of amides is 1. The lowest BCUT2D eigenvalue weighted by molar-refractivity contribution is -0.121. The highest BCUT2D eigenvalue weighted by atomic mass is 32.2. The molecule has 2 N–H and O–H groups in total. The molecule has 1 amide bonds. The van der Waals surface area contributed by atoms with Crippen molar-refractivity contribution in [1.82, 2.24) is 10.0 Å². The van der Waals surface area contributed by atoms with Gasteiger partial charge in [0.15, 0.2) is 0 Å². The third-order valence-corrected chi connectivity index (χ3v) is 5.04. The maximum atomic E-state index is 12.0. The van der Waals surface area contributed by atoms with Crippen molar-refractivity contribution < 1.29 is 22.7 Å². The van der Waals surface area contributed by atoms with Crippen LogP contribution < -0.4 is 10.0 Å². The zero-order valence-electron chi connectivity index (χ0n) is 14.3. The molecule has 0 aliphatic heterocycles. The van der Waals surface area contributed by atoms with Gasteiger partial charge in [0.05, 0.1) is 17.6 Å². The molecular weight excluding hydrogens is 356 g/mol. The minimum Gasteiger partial charge on any atom is -0.465 e. The monoisotopic (exact) mass is 376 g/mol. The maximum absolute atomic E-state index is 12.0. The van der Waals surface area contributed by atoms with E-state index in [4.69, 9.17) is 0 Å². The van der Waals surface area contributed by atoms with Crippen LogP contribution in [-0.4, -0.2) is 33.9 Å². The summed E-state index contributed by atoms with van der Waals surface area (Å²) >= 11 is 0. The van der Waals surface area contributed by atoms with Crippen LogP contribution in [0.2, 0.25) is 0 Å². The normalized spacial score (nSPS) is 11.0. The third kappa shape index (κ3) is 5.68. The van der Waals surface area contributed by atoms with Crippen LogP contribution in [0.3, 0.4) is 0 Å². The first-order valence-corrected chi connectivity index (χ1v) is 9.39. The Hall–Kier alpha value is -2.71. The van der Waals surface area contributed by atoms with Crippen LogP contribution in [0.25, 0.3) is 0 Å². The van der Waals surface area contributed by atoms with E-state index in [0.29, 0.717) is 5.56 Å². The molecule has 2 rings (SSSR count). The number of hydrogen-bond acceptors (Lipinski definition) is 5. The molecule has 0 fully saturated rings. The summed E-state index contributed by atoms with van der Waals surface area (Å²) in [4.78, 5) is 23.3. The van der Waals surface area contributed by atoms with Crippen molar-refractivity contribution in [2.45, 2.75) is 17.9 Å². The first-order chi connectivity index (χ1) is 12.4. The Balaban J connectivity index is 1.76. The number of benzene rings is 2. The van der Waals surface area contributed by atoms with Crippen molar-refractivity contribution in [2.24, 2.45) is 0 Å². The van der Waals surface area contributed by atoms with Crippen molar-refractivity contribution in [3.8, 4) is 0 Å². The van der Waals surface area contributed by atoms with Crippen molar-refractivity contribution in [2.75, 3.05) is 13.7 Å². The van der Waals surface area contributed by atoms with Gasteiger partial charge in [-0.25, -0.2) is 17.9 Å². The average Bonchev–Trinajstić information content (AvgIpc) is 2.66. The average molecular weight is 376 g/mol. The second-order valence-corrected chi connectivity index (χ2v) is 7.19. The van der Waals surface area contributed by atoms with E-state index >= 15 is 0 Å². The molecule has 0 saturated carbocycles. The van der Waals surface area contributed by atoms with Gasteiger partial charge in [-0.15, -0.1) is 0 Å². The number of sulfonamides is 1. The van der Waals surface area contributed by atoms with Crippen molar-refractivity contribution in [1.29, 1.82) is 0 Å². The van der Waals surface area contributed by atoms with Crippen LogP contribution in [0.15, 0.2) is 59.5 Å². The zero-order valence-corrected chi connectivity index (χ0v) is 15.1. The van der Waals surface area contributed by atoms with E-state index in [1.807, 2.05) is 0 Å². The van der Waals surface area contributed by atoms with Crippen LogP contribution in [-0.2, 0) is 26.1 Å². The second-order valence-electron chi connectivity index (χ2n) is 5.43. The Labute approximate surface area is 152 Å². The third-order valence-electron chi connectivity index (χ3n) is 3.56. The van der Waals surface area contributed by atoms with Gasteiger partial charge in [0, 0.05) is 19.5 Å². The fourth-order valence-corrected chi connectivity index (χ4v) is 3.20. The highest BCUT2D eigenvalue weighted by Crippen LogP contribution is 2.07. The molecule has 0 heterocycles. The highest BCUT2D eigenvalue weighted by Gasteiger charge is 2.13. The molecule has 0 radical (unpaired) electrons. The van der Waals surface area contributed by atoms with Crippen molar-refractivity contribution in [3.05, 3.63) is 65.7 Å². The van der Waals surface area contributed by atoms with Crippen molar-refractivity contribution >= 4 is 21.9 Å². The van der Waals surface area contributed by atoms with Crippen LogP contribution >= 0.6 is 0 Å². The van der Waals surface area contributed by atoms with Gasteiger partial charge in [-0.3, -0.25) is 4.79 Å². The Bertz CT molecular complexity index is 849. The lowest BCUT2D eigenvalue weighted by Gasteiger charge is -2.08. The molecule has 7 nitrogen and oxygen atoms in total. The summed E-state index contributed by atoms with van der Waals surface area (Å²) in [7, 11) is -2.30. The lowest BCUT2D eigenvalue weighted by atomic mass is 10.1. The number of methoxy groups -OCH3 is 1. The molecule has 0 aliphatic rings. The molecule has 0 bridgehead atoms. The van der Waals surface area contributed by atoms with Crippen molar-refractivity contribution in [3.63, 3.8) is 0 Å². The van der Waals surface area contributed by atoms with E-state index in [1.54, 1.807) is 42.5 Å². The van der Waals surface area contributed by atoms with Crippen LogP contribution in [0, 0.1) is 0 Å². The van der Waals surface area contributed by atoms with Gasteiger partial charge in [-0.1, -0.05) is 30.3 Å². The molecule has 0 atom stereocenters.